The van der Waals surface area contributed by atoms with Gasteiger partial charge in [-0.05, 0) is 30.5 Å². The van der Waals surface area contributed by atoms with Gasteiger partial charge in [0.1, 0.15) is 5.75 Å². The van der Waals surface area contributed by atoms with Crippen LogP contribution in [0.15, 0.2) is 18.2 Å². The minimum atomic E-state index is -4.42. The lowest BCUT2D eigenvalue weighted by Crippen LogP contribution is -2.37. The molecule has 0 atom stereocenters. The predicted octanol–water partition coefficient (Wildman–Crippen LogP) is 3.13. The summed E-state index contributed by atoms with van der Waals surface area (Å²) in [6.07, 6.45) is -1.82. The van der Waals surface area contributed by atoms with E-state index in [0.717, 1.165) is 30.9 Å². The van der Waals surface area contributed by atoms with Crippen molar-refractivity contribution < 1.29 is 23.0 Å². The average Bonchev–Trinajstić information content (AvgIpc) is 2.26. The molecule has 1 saturated carbocycles. The van der Waals surface area contributed by atoms with Gasteiger partial charge in [-0.1, -0.05) is 12.5 Å². The van der Waals surface area contributed by atoms with E-state index in [1.165, 1.54) is 19.2 Å². The molecule has 2 nitrogen and oxygen atoms in total. The summed E-state index contributed by atoms with van der Waals surface area (Å²) in [5.74, 6) is -0.181. The smallest absolute Gasteiger partial charge is 0.419 e. The summed E-state index contributed by atoms with van der Waals surface area (Å²) < 4.78 is 43.0. The molecule has 1 fully saturated rings. The highest BCUT2D eigenvalue weighted by Gasteiger charge is 2.40. The molecule has 0 heterocycles. The maximum Gasteiger partial charge on any atom is 0.419 e. The van der Waals surface area contributed by atoms with Crippen LogP contribution < -0.4 is 4.74 Å². The van der Waals surface area contributed by atoms with Crippen LogP contribution in [0.4, 0.5) is 13.2 Å². The fourth-order valence-electron chi connectivity index (χ4n) is 2.40. The number of ether oxygens (including phenoxy) is 1. The second-order valence-electron chi connectivity index (χ2n) is 4.70. The predicted molar refractivity (Wildman–Crippen MR) is 60.6 cm³/mol. The number of hydrogen-bond donors (Lipinski definition) is 1. The van der Waals surface area contributed by atoms with Gasteiger partial charge in [-0.3, -0.25) is 0 Å². The van der Waals surface area contributed by atoms with E-state index >= 15 is 0 Å². The average molecular weight is 260 g/mol. The van der Waals surface area contributed by atoms with Gasteiger partial charge in [-0.15, -0.1) is 0 Å². The standard InChI is InChI=1S/C13H15F3O2/c1-18-11-7-9(12(8-17)5-2-6-12)3-4-10(11)13(14,15)16/h3-4,7,17H,2,5-6,8H2,1H3. The summed E-state index contributed by atoms with van der Waals surface area (Å²) in [4.78, 5) is 0. The van der Waals surface area contributed by atoms with Gasteiger partial charge in [0.05, 0.1) is 19.3 Å². The van der Waals surface area contributed by atoms with Gasteiger partial charge in [-0.2, -0.15) is 13.2 Å². The molecule has 1 aliphatic carbocycles. The van der Waals surface area contributed by atoms with E-state index in [1.54, 1.807) is 0 Å². The van der Waals surface area contributed by atoms with Crippen LogP contribution in [0.25, 0.3) is 0 Å². The topological polar surface area (TPSA) is 29.5 Å². The highest BCUT2D eigenvalue weighted by Crippen LogP contribution is 2.46. The molecule has 0 saturated heterocycles. The molecule has 0 bridgehead atoms. The number of rotatable bonds is 3. The van der Waals surface area contributed by atoms with E-state index in [-0.39, 0.29) is 17.8 Å². The third kappa shape index (κ3) is 2.07. The van der Waals surface area contributed by atoms with Crippen LogP contribution in [0.5, 0.6) is 5.75 Å². The summed E-state index contributed by atoms with van der Waals surface area (Å²) in [6, 6.07) is 3.88. The molecule has 2 rings (SSSR count). The van der Waals surface area contributed by atoms with Crippen molar-refractivity contribution in [2.75, 3.05) is 13.7 Å². The second-order valence-corrected chi connectivity index (χ2v) is 4.70. The molecule has 0 aromatic heterocycles. The second kappa shape index (κ2) is 4.46. The monoisotopic (exact) mass is 260 g/mol. The Morgan fingerprint density at radius 1 is 1.33 bits per heavy atom. The van der Waals surface area contributed by atoms with Gasteiger partial charge in [0.2, 0.25) is 0 Å². The van der Waals surface area contributed by atoms with Crippen molar-refractivity contribution in [2.45, 2.75) is 30.9 Å². The number of methoxy groups -OCH3 is 1. The zero-order valence-corrected chi connectivity index (χ0v) is 10.0. The van der Waals surface area contributed by atoms with Crippen LogP contribution in [0.2, 0.25) is 0 Å². The molecule has 1 aliphatic rings. The molecule has 0 radical (unpaired) electrons. The van der Waals surface area contributed by atoms with Crippen LogP contribution in [-0.2, 0) is 11.6 Å². The normalized spacial score (nSPS) is 18.3. The van der Waals surface area contributed by atoms with Crippen molar-refractivity contribution >= 4 is 0 Å². The number of benzene rings is 1. The zero-order chi connectivity index (χ0) is 13.4. The largest absolute Gasteiger partial charge is 0.496 e. The quantitative estimate of drug-likeness (QED) is 0.904. The van der Waals surface area contributed by atoms with Gasteiger partial charge in [-0.25, -0.2) is 0 Å². The first-order chi connectivity index (χ1) is 8.43. The van der Waals surface area contributed by atoms with E-state index in [2.05, 4.69) is 0 Å². The third-order valence-corrected chi connectivity index (χ3v) is 3.73. The highest BCUT2D eigenvalue weighted by molar-refractivity contribution is 5.43. The SMILES string of the molecule is COc1cc(C2(CO)CCC2)ccc1C(F)(F)F. The summed E-state index contributed by atoms with van der Waals surface area (Å²) >= 11 is 0. The number of halogens is 3. The third-order valence-electron chi connectivity index (χ3n) is 3.73. The molecule has 1 aromatic rings. The van der Waals surface area contributed by atoms with Crippen LogP contribution in [-0.4, -0.2) is 18.8 Å². The maximum atomic E-state index is 12.7. The summed E-state index contributed by atoms with van der Waals surface area (Å²) in [5.41, 5.74) is -0.431. The lowest BCUT2D eigenvalue weighted by molar-refractivity contribution is -0.138. The molecule has 0 spiro atoms. The lowest BCUT2D eigenvalue weighted by Gasteiger charge is -2.41. The minimum Gasteiger partial charge on any atom is -0.496 e. The Kier molecular flexibility index (Phi) is 3.27. The van der Waals surface area contributed by atoms with Gasteiger partial charge in [0.15, 0.2) is 0 Å². The van der Waals surface area contributed by atoms with Crippen molar-refractivity contribution in [1.82, 2.24) is 0 Å². The van der Waals surface area contributed by atoms with Crippen LogP contribution in [0.1, 0.15) is 30.4 Å². The Labute approximate surface area is 103 Å². The van der Waals surface area contributed by atoms with Gasteiger partial charge < -0.3 is 9.84 Å². The summed E-state index contributed by atoms with van der Waals surface area (Å²) in [7, 11) is 1.22. The number of aliphatic hydroxyl groups excluding tert-OH is 1. The molecular formula is C13H15F3O2. The fraction of sp³-hybridized carbons (Fsp3) is 0.538. The Morgan fingerprint density at radius 2 is 2.00 bits per heavy atom. The first kappa shape index (κ1) is 13.2. The molecule has 100 valence electrons. The van der Waals surface area contributed by atoms with Crippen molar-refractivity contribution in [3.63, 3.8) is 0 Å². The molecule has 0 aliphatic heterocycles. The van der Waals surface area contributed by atoms with Gasteiger partial charge in [0, 0.05) is 5.41 Å². The molecule has 18 heavy (non-hydrogen) atoms. The Hall–Kier alpha value is -1.23. The number of aliphatic hydroxyl groups is 1. The minimum absolute atomic E-state index is 0.0402. The fourth-order valence-corrected chi connectivity index (χ4v) is 2.40. The Morgan fingerprint density at radius 3 is 2.39 bits per heavy atom. The summed E-state index contributed by atoms with van der Waals surface area (Å²) in [6.45, 7) is -0.0402. The van der Waals surface area contributed by atoms with E-state index in [4.69, 9.17) is 4.74 Å². The van der Waals surface area contributed by atoms with Crippen molar-refractivity contribution in [3.8, 4) is 5.75 Å². The maximum absolute atomic E-state index is 12.7. The Balaban J connectivity index is 2.42. The molecule has 1 N–H and O–H groups in total. The van der Waals surface area contributed by atoms with Crippen LogP contribution in [0, 0.1) is 0 Å². The molecule has 5 heteroatoms. The first-order valence-corrected chi connectivity index (χ1v) is 5.79. The Bertz CT molecular complexity index is 431. The number of hydrogen-bond acceptors (Lipinski definition) is 2. The van der Waals surface area contributed by atoms with E-state index < -0.39 is 11.7 Å². The van der Waals surface area contributed by atoms with E-state index in [1.807, 2.05) is 0 Å². The van der Waals surface area contributed by atoms with Gasteiger partial charge in [0.25, 0.3) is 0 Å². The number of alkyl halides is 3. The molecule has 0 unspecified atom stereocenters. The van der Waals surface area contributed by atoms with Crippen molar-refractivity contribution in [3.05, 3.63) is 29.3 Å². The van der Waals surface area contributed by atoms with E-state index in [9.17, 15) is 18.3 Å². The lowest BCUT2D eigenvalue weighted by atomic mass is 9.65. The van der Waals surface area contributed by atoms with Crippen molar-refractivity contribution in [2.24, 2.45) is 0 Å². The van der Waals surface area contributed by atoms with E-state index in [0.29, 0.717) is 0 Å². The first-order valence-electron chi connectivity index (χ1n) is 5.79. The summed E-state index contributed by atoms with van der Waals surface area (Å²) in [5, 5.41) is 9.42. The molecule has 1 aromatic carbocycles. The molecule has 0 amide bonds. The van der Waals surface area contributed by atoms with Gasteiger partial charge >= 0.3 is 6.18 Å². The zero-order valence-electron chi connectivity index (χ0n) is 10.0. The van der Waals surface area contributed by atoms with Crippen molar-refractivity contribution in [1.29, 1.82) is 0 Å². The highest BCUT2D eigenvalue weighted by atomic mass is 19.4. The van der Waals surface area contributed by atoms with Crippen LogP contribution >= 0.6 is 0 Å². The van der Waals surface area contributed by atoms with Crippen LogP contribution in [0.3, 0.4) is 0 Å². The molecular weight excluding hydrogens is 245 g/mol.